The van der Waals surface area contributed by atoms with Crippen LogP contribution in [-0.2, 0) is 12.6 Å². The fraction of sp³-hybridized carbons (Fsp3) is 0.0833. The highest BCUT2D eigenvalue weighted by Crippen LogP contribution is 2.39. The summed E-state index contributed by atoms with van der Waals surface area (Å²) < 4.78 is 3.32. The van der Waals surface area contributed by atoms with Gasteiger partial charge in [-0.3, -0.25) is 0 Å². The number of nitrogens with zero attached hydrogens (tertiary/aromatic N) is 8. The molecule has 0 aliphatic carbocycles. The van der Waals surface area contributed by atoms with Gasteiger partial charge in [-0.05, 0) is 46.3 Å². The fourth-order valence-electron chi connectivity index (χ4n) is 4.32. The van der Waals surface area contributed by atoms with Crippen LogP contribution in [0.2, 0.25) is 10.2 Å². The summed E-state index contributed by atoms with van der Waals surface area (Å²) in [6, 6.07) is 16.3. The molecule has 11 heteroatoms. The van der Waals surface area contributed by atoms with Crippen molar-refractivity contribution in [2.45, 2.75) is 5.60 Å². The van der Waals surface area contributed by atoms with Gasteiger partial charge in [-0.15, -0.1) is 0 Å². The van der Waals surface area contributed by atoms with Crippen LogP contribution >= 0.6 is 23.2 Å². The molecular weight excluding hydrogens is 487 g/mol. The van der Waals surface area contributed by atoms with Crippen LogP contribution in [0.5, 0.6) is 0 Å². The van der Waals surface area contributed by atoms with Crippen LogP contribution in [0.15, 0.2) is 73.3 Å². The third-order valence-electron chi connectivity index (χ3n) is 5.99. The lowest BCUT2D eigenvalue weighted by molar-refractivity contribution is 0.117. The van der Waals surface area contributed by atoms with Gasteiger partial charge < -0.3 is 9.67 Å². The Labute approximate surface area is 208 Å². The van der Waals surface area contributed by atoms with E-state index < -0.39 is 5.60 Å². The van der Waals surface area contributed by atoms with Crippen LogP contribution in [0, 0.1) is 0 Å². The Balaban J connectivity index is 1.68. The highest BCUT2D eigenvalue weighted by Gasteiger charge is 2.37. The summed E-state index contributed by atoms with van der Waals surface area (Å²) in [7, 11) is 1.82. The molecule has 2 aromatic carbocycles. The van der Waals surface area contributed by atoms with Crippen LogP contribution in [0.4, 0.5) is 0 Å². The predicted octanol–water partition coefficient (Wildman–Crippen LogP) is 4.06. The second kappa shape index (κ2) is 8.09. The van der Waals surface area contributed by atoms with Gasteiger partial charge in [0, 0.05) is 34.8 Å². The number of hydrogen-bond donors (Lipinski definition) is 1. The Morgan fingerprint density at radius 1 is 0.971 bits per heavy atom. The van der Waals surface area contributed by atoms with E-state index in [2.05, 4.69) is 25.5 Å². The third-order valence-corrected chi connectivity index (χ3v) is 6.45. The van der Waals surface area contributed by atoms with Gasteiger partial charge in [0.1, 0.15) is 5.15 Å². The van der Waals surface area contributed by atoms with Crippen molar-refractivity contribution >= 4 is 39.9 Å². The molecule has 0 aliphatic rings. The standard InChI is InChI=1S/C24H16Cl2N8O/c1-33-13-27-12-20(33)24(35,16-6-8-21(26)28-11-16)15-5-7-19-18(10-15)22(14-3-2-4-17(25)9-14)29-23-30-31-32-34(19)23/h2-13,35H,1H3. The van der Waals surface area contributed by atoms with Crippen LogP contribution in [-0.4, -0.2) is 44.7 Å². The van der Waals surface area contributed by atoms with E-state index in [0.717, 1.165) is 16.5 Å². The van der Waals surface area contributed by atoms with Gasteiger partial charge in [0.2, 0.25) is 0 Å². The number of tetrazole rings is 1. The van der Waals surface area contributed by atoms with E-state index in [4.69, 9.17) is 28.2 Å². The normalized spacial score (nSPS) is 13.4. The highest BCUT2D eigenvalue weighted by atomic mass is 35.5. The molecule has 0 amide bonds. The molecule has 9 nitrogen and oxygen atoms in total. The van der Waals surface area contributed by atoms with E-state index in [9.17, 15) is 5.11 Å². The molecule has 1 unspecified atom stereocenters. The fourth-order valence-corrected chi connectivity index (χ4v) is 4.62. The summed E-state index contributed by atoms with van der Waals surface area (Å²) in [5.41, 5.74) is 2.23. The number of imidazole rings is 1. The van der Waals surface area contributed by atoms with E-state index in [-0.39, 0.29) is 0 Å². The van der Waals surface area contributed by atoms with Gasteiger partial charge >= 0.3 is 0 Å². The van der Waals surface area contributed by atoms with Crippen molar-refractivity contribution < 1.29 is 5.11 Å². The van der Waals surface area contributed by atoms with Crippen LogP contribution < -0.4 is 0 Å². The van der Waals surface area contributed by atoms with Gasteiger partial charge in [-0.25, -0.2) is 15.0 Å². The Morgan fingerprint density at radius 2 is 1.83 bits per heavy atom. The molecule has 0 bridgehead atoms. The summed E-state index contributed by atoms with van der Waals surface area (Å²) in [4.78, 5) is 13.1. The van der Waals surface area contributed by atoms with Crippen LogP contribution in [0.3, 0.4) is 0 Å². The summed E-state index contributed by atoms with van der Waals surface area (Å²) in [6.45, 7) is 0. The average molecular weight is 503 g/mol. The maximum absolute atomic E-state index is 12.3. The molecule has 0 fully saturated rings. The Bertz CT molecular complexity index is 1710. The monoisotopic (exact) mass is 502 g/mol. The van der Waals surface area contributed by atoms with Crippen molar-refractivity contribution in [2.75, 3.05) is 0 Å². The van der Waals surface area contributed by atoms with Crippen molar-refractivity contribution in [3.8, 4) is 11.3 Å². The smallest absolute Gasteiger partial charge is 0.274 e. The number of aromatic nitrogens is 8. The number of benzene rings is 2. The minimum atomic E-state index is -1.59. The van der Waals surface area contributed by atoms with Gasteiger partial charge in [0.05, 0.1) is 29.4 Å². The zero-order valence-electron chi connectivity index (χ0n) is 18.2. The van der Waals surface area contributed by atoms with E-state index in [1.807, 2.05) is 43.4 Å². The zero-order chi connectivity index (χ0) is 24.2. The number of hydrogen-bond acceptors (Lipinski definition) is 7. The number of aryl methyl sites for hydroxylation is 1. The molecule has 0 aliphatic heterocycles. The number of aliphatic hydroxyl groups is 1. The summed E-state index contributed by atoms with van der Waals surface area (Å²) in [6.07, 6.45) is 4.81. The molecule has 0 saturated carbocycles. The molecule has 6 rings (SSSR count). The Morgan fingerprint density at radius 3 is 2.57 bits per heavy atom. The van der Waals surface area contributed by atoms with E-state index in [0.29, 0.717) is 38.5 Å². The average Bonchev–Trinajstić information content (AvgIpc) is 3.52. The highest BCUT2D eigenvalue weighted by molar-refractivity contribution is 6.31. The van der Waals surface area contributed by atoms with Gasteiger partial charge in [-0.2, -0.15) is 4.52 Å². The lowest BCUT2D eigenvalue weighted by Gasteiger charge is -2.29. The van der Waals surface area contributed by atoms with E-state index in [1.165, 1.54) is 0 Å². The number of pyridine rings is 1. The Kier molecular flexibility index (Phi) is 4.99. The molecule has 6 aromatic rings. The van der Waals surface area contributed by atoms with Crippen molar-refractivity contribution in [3.05, 3.63) is 100 Å². The molecule has 4 heterocycles. The largest absolute Gasteiger partial charge is 0.374 e. The van der Waals surface area contributed by atoms with Crippen molar-refractivity contribution in [3.63, 3.8) is 0 Å². The second-order valence-corrected chi connectivity index (χ2v) is 8.89. The van der Waals surface area contributed by atoms with Crippen LogP contribution in [0.25, 0.3) is 27.9 Å². The van der Waals surface area contributed by atoms with E-state index in [1.54, 1.807) is 46.0 Å². The second-order valence-electron chi connectivity index (χ2n) is 8.06. The first-order valence-electron chi connectivity index (χ1n) is 10.5. The first-order chi connectivity index (χ1) is 16.9. The summed E-state index contributed by atoms with van der Waals surface area (Å²) >= 11 is 12.3. The first kappa shape index (κ1) is 21.6. The third kappa shape index (κ3) is 3.44. The summed E-state index contributed by atoms with van der Waals surface area (Å²) in [5, 5.41) is 25.8. The Hall–Kier alpha value is -3.92. The molecule has 1 N–H and O–H groups in total. The number of halogens is 2. The SMILES string of the molecule is Cn1cncc1C(O)(c1ccc(Cl)nc1)c1ccc2c(c1)c(-c1cccc(Cl)c1)nc1nnnn12. The van der Waals surface area contributed by atoms with Crippen molar-refractivity contribution in [1.82, 2.24) is 39.6 Å². The predicted molar refractivity (Wildman–Crippen MR) is 131 cm³/mol. The lowest BCUT2D eigenvalue weighted by Crippen LogP contribution is -2.31. The minimum absolute atomic E-state index is 0.327. The van der Waals surface area contributed by atoms with Crippen LogP contribution in [0.1, 0.15) is 16.8 Å². The minimum Gasteiger partial charge on any atom is -0.374 e. The maximum atomic E-state index is 12.3. The van der Waals surface area contributed by atoms with Crippen molar-refractivity contribution in [1.29, 1.82) is 0 Å². The van der Waals surface area contributed by atoms with E-state index >= 15 is 0 Å². The quantitative estimate of drug-likeness (QED) is 0.362. The van der Waals surface area contributed by atoms with Gasteiger partial charge in [0.25, 0.3) is 5.78 Å². The maximum Gasteiger partial charge on any atom is 0.274 e. The molecule has 4 aromatic heterocycles. The molecule has 35 heavy (non-hydrogen) atoms. The van der Waals surface area contributed by atoms with Gasteiger partial charge in [0.15, 0.2) is 5.60 Å². The van der Waals surface area contributed by atoms with Gasteiger partial charge in [-0.1, -0.05) is 52.6 Å². The zero-order valence-corrected chi connectivity index (χ0v) is 19.7. The first-order valence-corrected chi connectivity index (χ1v) is 11.3. The molecule has 0 spiro atoms. The molecule has 1 atom stereocenters. The lowest BCUT2D eigenvalue weighted by atomic mass is 9.83. The number of rotatable bonds is 4. The molecular formula is C24H16Cl2N8O. The molecule has 0 radical (unpaired) electrons. The van der Waals surface area contributed by atoms with Crippen molar-refractivity contribution in [2.24, 2.45) is 7.05 Å². The number of fused-ring (bicyclic) bond motifs is 3. The summed E-state index contributed by atoms with van der Waals surface area (Å²) in [5.74, 6) is 0.351. The topological polar surface area (TPSA) is 107 Å². The molecule has 0 saturated heterocycles. The molecule has 172 valence electrons.